The van der Waals surface area contributed by atoms with Crippen LogP contribution < -0.4 is 5.73 Å². The summed E-state index contributed by atoms with van der Waals surface area (Å²) in [6.45, 7) is 4.25. The molecule has 0 radical (unpaired) electrons. The lowest BCUT2D eigenvalue weighted by Gasteiger charge is -2.32. The van der Waals surface area contributed by atoms with Crippen LogP contribution in [0.4, 0.5) is 4.39 Å². The van der Waals surface area contributed by atoms with Crippen molar-refractivity contribution >= 4 is 11.3 Å². The summed E-state index contributed by atoms with van der Waals surface area (Å²) >= 11 is 1.71. The molecule has 1 heterocycles. The highest BCUT2D eigenvalue weighted by molar-refractivity contribution is 7.07. The lowest BCUT2D eigenvalue weighted by Crippen LogP contribution is -2.41. The lowest BCUT2D eigenvalue weighted by molar-refractivity contribution is 0.388. The zero-order valence-corrected chi connectivity index (χ0v) is 12.2. The van der Waals surface area contributed by atoms with Crippen LogP contribution in [0.5, 0.6) is 0 Å². The summed E-state index contributed by atoms with van der Waals surface area (Å²) in [5, 5.41) is 4.25. The Labute approximate surface area is 118 Å². The summed E-state index contributed by atoms with van der Waals surface area (Å²) in [6.07, 6.45) is 1.93. The fourth-order valence-corrected chi connectivity index (χ4v) is 2.91. The molecule has 0 saturated carbocycles. The summed E-state index contributed by atoms with van der Waals surface area (Å²) in [7, 11) is 0. The fourth-order valence-electron chi connectivity index (χ4n) is 2.21. The van der Waals surface area contributed by atoms with Crippen molar-refractivity contribution in [2.24, 2.45) is 5.73 Å². The van der Waals surface area contributed by atoms with Crippen molar-refractivity contribution in [1.82, 2.24) is 0 Å². The Morgan fingerprint density at radius 1 is 1.21 bits per heavy atom. The molecule has 1 unspecified atom stereocenters. The van der Waals surface area contributed by atoms with E-state index in [4.69, 9.17) is 5.73 Å². The Balaban J connectivity index is 2.03. The number of nitrogens with two attached hydrogens (primary N) is 1. The maximum absolute atomic E-state index is 13.0. The SMILES string of the molecule is CC(C)(c1ccc(F)cc1)C(N)CCc1ccsc1. The molecule has 2 aromatic rings. The van der Waals surface area contributed by atoms with Gasteiger partial charge in [-0.15, -0.1) is 0 Å². The summed E-state index contributed by atoms with van der Waals surface area (Å²) in [5.41, 5.74) is 8.63. The standard InChI is InChI=1S/C16H20FNS/c1-16(2,13-4-6-14(17)7-5-13)15(18)8-3-12-9-10-19-11-12/h4-7,9-11,15H,3,8,18H2,1-2H3. The smallest absolute Gasteiger partial charge is 0.123 e. The largest absolute Gasteiger partial charge is 0.327 e. The predicted molar refractivity (Wildman–Crippen MR) is 80.0 cm³/mol. The zero-order chi connectivity index (χ0) is 13.9. The van der Waals surface area contributed by atoms with Crippen molar-refractivity contribution in [3.63, 3.8) is 0 Å². The fraction of sp³-hybridized carbons (Fsp3) is 0.375. The Morgan fingerprint density at radius 3 is 2.47 bits per heavy atom. The number of thiophene rings is 1. The minimum Gasteiger partial charge on any atom is -0.327 e. The van der Waals surface area contributed by atoms with Crippen LogP contribution in [0, 0.1) is 5.82 Å². The lowest BCUT2D eigenvalue weighted by atomic mass is 9.76. The maximum atomic E-state index is 13.0. The topological polar surface area (TPSA) is 26.0 Å². The van der Waals surface area contributed by atoms with Gasteiger partial charge in [-0.2, -0.15) is 11.3 Å². The van der Waals surface area contributed by atoms with E-state index in [1.165, 1.54) is 17.7 Å². The van der Waals surface area contributed by atoms with Crippen LogP contribution in [0.2, 0.25) is 0 Å². The van der Waals surface area contributed by atoms with Crippen LogP contribution in [0.25, 0.3) is 0 Å². The van der Waals surface area contributed by atoms with Crippen LogP contribution >= 0.6 is 11.3 Å². The molecule has 0 fully saturated rings. The second kappa shape index (κ2) is 5.85. The quantitative estimate of drug-likeness (QED) is 0.874. The molecule has 2 rings (SSSR count). The minimum atomic E-state index is -0.202. The Hall–Kier alpha value is -1.19. The van der Waals surface area contributed by atoms with E-state index >= 15 is 0 Å². The van der Waals surface area contributed by atoms with Gasteiger partial charge in [-0.05, 0) is 52.9 Å². The molecule has 0 saturated heterocycles. The summed E-state index contributed by atoms with van der Waals surface area (Å²) in [6, 6.07) is 8.87. The van der Waals surface area contributed by atoms with Crippen molar-refractivity contribution in [1.29, 1.82) is 0 Å². The molecule has 0 bridgehead atoms. The molecule has 1 aromatic heterocycles. The van der Waals surface area contributed by atoms with E-state index in [2.05, 4.69) is 30.7 Å². The second-order valence-corrected chi connectivity index (χ2v) is 6.29. The first kappa shape index (κ1) is 14.2. The molecule has 0 aliphatic rings. The van der Waals surface area contributed by atoms with Gasteiger partial charge in [0.1, 0.15) is 5.82 Å². The van der Waals surface area contributed by atoms with Crippen LogP contribution in [0.15, 0.2) is 41.1 Å². The average Bonchev–Trinajstić information content (AvgIpc) is 2.89. The Morgan fingerprint density at radius 2 is 1.89 bits per heavy atom. The van der Waals surface area contributed by atoms with Gasteiger partial charge >= 0.3 is 0 Å². The van der Waals surface area contributed by atoms with Crippen molar-refractivity contribution < 1.29 is 4.39 Å². The third-order valence-corrected chi connectivity index (χ3v) is 4.57. The molecular formula is C16H20FNS. The third-order valence-electron chi connectivity index (χ3n) is 3.84. The summed E-state index contributed by atoms with van der Waals surface area (Å²) < 4.78 is 13.0. The highest BCUT2D eigenvalue weighted by atomic mass is 32.1. The Kier molecular flexibility index (Phi) is 4.38. The van der Waals surface area contributed by atoms with E-state index in [0.717, 1.165) is 18.4 Å². The van der Waals surface area contributed by atoms with Gasteiger partial charge in [0.15, 0.2) is 0 Å². The molecule has 1 atom stereocenters. The van der Waals surface area contributed by atoms with E-state index in [0.29, 0.717) is 0 Å². The summed E-state index contributed by atoms with van der Waals surface area (Å²) in [5.74, 6) is -0.202. The first-order valence-corrected chi connectivity index (χ1v) is 7.47. The molecule has 0 amide bonds. The van der Waals surface area contributed by atoms with Crippen molar-refractivity contribution in [2.75, 3.05) is 0 Å². The first-order chi connectivity index (χ1) is 9.00. The molecule has 3 heteroatoms. The van der Waals surface area contributed by atoms with Gasteiger partial charge in [0.2, 0.25) is 0 Å². The van der Waals surface area contributed by atoms with Crippen molar-refractivity contribution in [3.8, 4) is 0 Å². The van der Waals surface area contributed by atoms with Gasteiger partial charge in [0, 0.05) is 11.5 Å². The van der Waals surface area contributed by atoms with E-state index < -0.39 is 0 Å². The molecule has 102 valence electrons. The third kappa shape index (κ3) is 3.43. The van der Waals surface area contributed by atoms with Gasteiger partial charge in [-0.3, -0.25) is 0 Å². The van der Waals surface area contributed by atoms with E-state index in [1.807, 2.05) is 12.1 Å². The highest BCUT2D eigenvalue weighted by Crippen LogP contribution is 2.28. The number of rotatable bonds is 5. The van der Waals surface area contributed by atoms with Crippen LogP contribution in [-0.4, -0.2) is 6.04 Å². The predicted octanol–water partition coefficient (Wildman–Crippen LogP) is 4.12. The number of benzene rings is 1. The second-order valence-electron chi connectivity index (χ2n) is 5.51. The van der Waals surface area contributed by atoms with E-state index in [1.54, 1.807) is 11.3 Å². The van der Waals surface area contributed by atoms with Gasteiger partial charge < -0.3 is 5.73 Å². The minimum absolute atomic E-state index is 0.0536. The molecule has 1 nitrogen and oxygen atoms in total. The summed E-state index contributed by atoms with van der Waals surface area (Å²) in [4.78, 5) is 0. The number of hydrogen-bond donors (Lipinski definition) is 1. The number of aryl methyl sites for hydroxylation is 1. The number of halogens is 1. The first-order valence-electron chi connectivity index (χ1n) is 6.53. The van der Waals surface area contributed by atoms with Crippen LogP contribution in [-0.2, 0) is 11.8 Å². The molecule has 0 aliphatic heterocycles. The van der Waals surface area contributed by atoms with Crippen molar-refractivity contribution in [2.45, 2.75) is 38.1 Å². The van der Waals surface area contributed by atoms with E-state index in [-0.39, 0.29) is 17.3 Å². The normalized spacial score (nSPS) is 13.5. The maximum Gasteiger partial charge on any atom is 0.123 e. The zero-order valence-electron chi connectivity index (χ0n) is 11.4. The average molecular weight is 277 g/mol. The molecular weight excluding hydrogens is 257 g/mol. The van der Waals surface area contributed by atoms with E-state index in [9.17, 15) is 4.39 Å². The number of hydrogen-bond acceptors (Lipinski definition) is 2. The highest BCUT2D eigenvalue weighted by Gasteiger charge is 2.28. The Bertz CT molecular complexity index is 502. The molecule has 19 heavy (non-hydrogen) atoms. The van der Waals surface area contributed by atoms with Gasteiger partial charge in [0.25, 0.3) is 0 Å². The van der Waals surface area contributed by atoms with Crippen molar-refractivity contribution in [3.05, 3.63) is 58.0 Å². The molecule has 0 aliphatic carbocycles. The van der Waals surface area contributed by atoms with Crippen LogP contribution in [0.3, 0.4) is 0 Å². The van der Waals surface area contributed by atoms with Gasteiger partial charge in [-0.1, -0.05) is 26.0 Å². The molecule has 0 spiro atoms. The molecule has 1 aromatic carbocycles. The molecule has 2 N–H and O–H groups in total. The van der Waals surface area contributed by atoms with Gasteiger partial charge in [-0.25, -0.2) is 4.39 Å². The van der Waals surface area contributed by atoms with Crippen LogP contribution in [0.1, 0.15) is 31.4 Å². The monoisotopic (exact) mass is 277 g/mol. The van der Waals surface area contributed by atoms with Gasteiger partial charge in [0.05, 0.1) is 0 Å².